The molecule has 1 aromatic rings. The Hall–Kier alpha value is -1.44. The monoisotopic (exact) mass is 220 g/mol. The molecule has 1 aromatic carbocycles. The summed E-state index contributed by atoms with van der Waals surface area (Å²) < 4.78 is 0. The van der Waals surface area contributed by atoms with Crippen molar-refractivity contribution in [2.24, 2.45) is 0 Å². The standard InChI is InChI=1S/C14H20O2/c1-5-6-9(2)7-12-8-10(3)13(15)14(16)11(12)4/h6,8,15-16H,5,7H2,1-4H3/b9-6+. The van der Waals surface area contributed by atoms with Crippen molar-refractivity contribution in [3.63, 3.8) is 0 Å². The molecule has 2 heteroatoms. The van der Waals surface area contributed by atoms with Gasteiger partial charge in [-0.3, -0.25) is 0 Å². The van der Waals surface area contributed by atoms with E-state index in [-0.39, 0.29) is 11.5 Å². The van der Waals surface area contributed by atoms with Crippen molar-refractivity contribution in [2.45, 2.75) is 40.5 Å². The molecule has 0 aliphatic heterocycles. The minimum absolute atomic E-state index is 0.00151. The summed E-state index contributed by atoms with van der Waals surface area (Å²) >= 11 is 0. The van der Waals surface area contributed by atoms with Gasteiger partial charge in [0.1, 0.15) is 0 Å². The molecule has 0 fully saturated rings. The van der Waals surface area contributed by atoms with Crippen LogP contribution in [0.1, 0.15) is 37.0 Å². The summed E-state index contributed by atoms with van der Waals surface area (Å²) in [5, 5.41) is 19.3. The van der Waals surface area contributed by atoms with E-state index in [1.807, 2.05) is 13.0 Å². The van der Waals surface area contributed by atoms with Crippen LogP contribution in [0.5, 0.6) is 11.5 Å². The van der Waals surface area contributed by atoms with E-state index in [1.165, 1.54) is 5.57 Å². The van der Waals surface area contributed by atoms with Gasteiger partial charge in [-0.2, -0.15) is 0 Å². The molecule has 0 saturated carbocycles. The van der Waals surface area contributed by atoms with Crippen LogP contribution in [0.3, 0.4) is 0 Å². The van der Waals surface area contributed by atoms with E-state index in [0.717, 1.165) is 29.5 Å². The Bertz CT molecular complexity index is 417. The fourth-order valence-electron chi connectivity index (χ4n) is 1.86. The topological polar surface area (TPSA) is 40.5 Å². The molecule has 88 valence electrons. The SMILES string of the molecule is CC/C=C(\C)Cc1cc(C)c(O)c(O)c1C. The number of benzene rings is 1. The molecule has 0 aromatic heterocycles. The van der Waals surface area contributed by atoms with E-state index in [9.17, 15) is 10.2 Å². The fraction of sp³-hybridized carbons (Fsp3) is 0.429. The van der Waals surface area contributed by atoms with Gasteiger partial charge in [0.2, 0.25) is 0 Å². The van der Waals surface area contributed by atoms with Gasteiger partial charge < -0.3 is 10.2 Å². The number of phenols is 2. The van der Waals surface area contributed by atoms with Crippen LogP contribution in [0, 0.1) is 13.8 Å². The highest BCUT2D eigenvalue weighted by molar-refractivity contribution is 5.53. The summed E-state index contributed by atoms with van der Waals surface area (Å²) in [4.78, 5) is 0. The average Bonchev–Trinajstić information content (AvgIpc) is 2.23. The summed E-state index contributed by atoms with van der Waals surface area (Å²) in [5.41, 5.74) is 3.86. The van der Waals surface area contributed by atoms with Crippen molar-refractivity contribution in [3.05, 3.63) is 34.4 Å². The van der Waals surface area contributed by atoms with Gasteiger partial charge in [0, 0.05) is 0 Å². The van der Waals surface area contributed by atoms with Gasteiger partial charge in [-0.1, -0.05) is 24.6 Å². The molecule has 2 nitrogen and oxygen atoms in total. The zero-order valence-corrected chi connectivity index (χ0v) is 10.5. The van der Waals surface area contributed by atoms with Crippen molar-refractivity contribution >= 4 is 0 Å². The van der Waals surface area contributed by atoms with Crippen LogP contribution >= 0.6 is 0 Å². The number of aromatic hydroxyl groups is 2. The summed E-state index contributed by atoms with van der Waals surface area (Å²) in [6.45, 7) is 7.83. The lowest BCUT2D eigenvalue weighted by Gasteiger charge is -2.12. The van der Waals surface area contributed by atoms with E-state index in [4.69, 9.17) is 0 Å². The number of hydrogen-bond acceptors (Lipinski definition) is 2. The number of aryl methyl sites for hydroxylation is 1. The summed E-state index contributed by atoms with van der Waals surface area (Å²) in [6.07, 6.45) is 4.03. The molecular weight excluding hydrogens is 200 g/mol. The Morgan fingerprint density at radius 1 is 1.25 bits per heavy atom. The first-order valence-corrected chi connectivity index (χ1v) is 5.64. The molecular formula is C14H20O2. The van der Waals surface area contributed by atoms with Gasteiger partial charge in [0.05, 0.1) is 0 Å². The molecule has 0 atom stereocenters. The zero-order chi connectivity index (χ0) is 12.3. The highest BCUT2D eigenvalue weighted by atomic mass is 16.3. The van der Waals surface area contributed by atoms with Crippen molar-refractivity contribution in [1.82, 2.24) is 0 Å². The Labute approximate surface area is 97.2 Å². The van der Waals surface area contributed by atoms with Gasteiger partial charge in [0.15, 0.2) is 11.5 Å². The second-order valence-corrected chi connectivity index (χ2v) is 4.31. The van der Waals surface area contributed by atoms with Crippen LogP contribution in [0.2, 0.25) is 0 Å². The third-order valence-electron chi connectivity index (χ3n) is 2.85. The van der Waals surface area contributed by atoms with Gasteiger partial charge in [0.25, 0.3) is 0 Å². The smallest absolute Gasteiger partial charge is 0.160 e. The lowest BCUT2D eigenvalue weighted by Crippen LogP contribution is -1.94. The van der Waals surface area contributed by atoms with E-state index in [0.29, 0.717) is 0 Å². The van der Waals surface area contributed by atoms with Crippen LogP contribution in [-0.4, -0.2) is 10.2 Å². The zero-order valence-electron chi connectivity index (χ0n) is 10.5. The third-order valence-corrected chi connectivity index (χ3v) is 2.85. The first-order chi connectivity index (χ1) is 7.47. The van der Waals surface area contributed by atoms with Gasteiger partial charge in [-0.15, -0.1) is 0 Å². The largest absolute Gasteiger partial charge is 0.504 e. The Kier molecular flexibility index (Phi) is 3.99. The maximum Gasteiger partial charge on any atom is 0.160 e. The number of allylic oxidation sites excluding steroid dienone is 2. The van der Waals surface area contributed by atoms with Crippen molar-refractivity contribution < 1.29 is 10.2 Å². The second-order valence-electron chi connectivity index (χ2n) is 4.31. The summed E-state index contributed by atoms with van der Waals surface area (Å²) in [5.74, 6) is 0.0117. The molecule has 1 rings (SSSR count). The van der Waals surface area contributed by atoms with Crippen molar-refractivity contribution in [1.29, 1.82) is 0 Å². The quantitative estimate of drug-likeness (QED) is 0.603. The predicted molar refractivity (Wildman–Crippen MR) is 67.0 cm³/mol. The van der Waals surface area contributed by atoms with E-state index < -0.39 is 0 Å². The van der Waals surface area contributed by atoms with Crippen LogP contribution in [0.4, 0.5) is 0 Å². The van der Waals surface area contributed by atoms with Crippen LogP contribution in [0.25, 0.3) is 0 Å². The lowest BCUT2D eigenvalue weighted by molar-refractivity contribution is 0.398. The number of rotatable bonds is 3. The normalized spacial score (nSPS) is 11.9. The second kappa shape index (κ2) is 5.06. The van der Waals surface area contributed by atoms with E-state index in [2.05, 4.69) is 19.9 Å². The maximum atomic E-state index is 9.74. The average molecular weight is 220 g/mol. The highest BCUT2D eigenvalue weighted by Gasteiger charge is 2.11. The van der Waals surface area contributed by atoms with Crippen LogP contribution in [-0.2, 0) is 6.42 Å². The summed E-state index contributed by atoms with van der Waals surface area (Å²) in [7, 11) is 0. The van der Waals surface area contributed by atoms with Gasteiger partial charge >= 0.3 is 0 Å². The van der Waals surface area contributed by atoms with Crippen molar-refractivity contribution in [2.75, 3.05) is 0 Å². The lowest BCUT2D eigenvalue weighted by atomic mass is 9.97. The number of hydrogen-bond donors (Lipinski definition) is 2. The molecule has 0 spiro atoms. The molecule has 0 aliphatic carbocycles. The molecule has 0 aliphatic rings. The maximum absolute atomic E-state index is 9.74. The van der Waals surface area contributed by atoms with Gasteiger partial charge in [-0.05, 0) is 50.3 Å². The Morgan fingerprint density at radius 2 is 1.88 bits per heavy atom. The molecule has 0 radical (unpaired) electrons. The predicted octanol–water partition coefficient (Wildman–Crippen LogP) is 3.61. The minimum atomic E-state index is -0.00151. The molecule has 0 saturated heterocycles. The van der Waals surface area contributed by atoms with Gasteiger partial charge in [-0.25, -0.2) is 0 Å². The summed E-state index contributed by atoms with van der Waals surface area (Å²) in [6, 6.07) is 1.94. The molecule has 2 N–H and O–H groups in total. The fourth-order valence-corrected chi connectivity index (χ4v) is 1.86. The molecule has 16 heavy (non-hydrogen) atoms. The first-order valence-electron chi connectivity index (χ1n) is 5.64. The van der Waals surface area contributed by atoms with E-state index >= 15 is 0 Å². The Morgan fingerprint density at radius 3 is 2.44 bits per heavy atom. The first kappa shape index (κ1) is 12.6. The molecule has 0 heterocycles. The minimum Gasteiger partial charge on any atom is -0.504 e. The van der Waals surface area contributed by atoms with Crippen LogP contribution in [0.15, 0.2) is 17.7 Å². The Balaban J connectivity index is 3.11. The molecule has 0 unspecified atom stereocenters. The number of phenolic OH excluding ortho intramolecular Hbond substituents is 2. The molecule has 0 bridgehead atoms. The third kappa shape index (κ3) is 2.57. The molecule has 0 amide bonds. The highest BCUT2D eigenvalue weighted by Crippen LogP contribution is 2.35. The van der Waals surface area contributed by atoms with E-state index in [1.54, 1.807) is 6.92 Å². The van der Waals surface area contributed by atoms with Crippen LogP contribution < -0.4 is 0 Å². The van der Waals surface area contributed by atoms with Crippen molar-refractivity contribution in [3.8, 4) is 11.5 Å².